The first-order valence-corrected chi connectivity index (χ1v) is 9.13. The maximum Gasteiger partial charge on any atom is 0.332 e. The van der Waals surface area contributed by atoms with Crippen LogP contribution in [0.2, 0.25) is 0 Å². The van der Waals surface area contributed by atoms with E-state index in [-0.39, 0.29) is 17.5 Å². The third-order valence-electron chi connectivity index (χ3n) is 4.92. The lowest BCUT2D eigenvalue weighted by Crippen LogP contribution is -2.27. The van der Waals surface area contributed by atoms with Crippen LogP contribution in [0.4, 0.5) is 17.5 Å². The predicted molar refractivity (Wildman–Crippen MR) is 103 cm³/mol. The zero-order chi connectivity index (χ0) is 19.4. The number of nitro groups is 1. The molecule has 0 saturated heterocycles. The highest BCUT2D eigenvalue weighted by molar-refractivity contribution is 5.58. The number of rotatable bonds is 6. The number of hydrogen-bond donors (Lipinski definition) is 3. The third-order valence-corrected chi connectivity index (χ3v) is 4.92. The molecule has 2 aromatic heterocycles. The van der Waals surface area contributed by atoms with Crippen LogP contribution >= 0.6 is 0 Å². The van der Waals surface area contributed by atoms with Gasteiger partial charge in [-0.15, -0.1) is 0 Å². The zero-order valence-corrected chi connectivity index (χ0v) is 15.4. The summed E-state index contributed by atoms with van der Waals surface area (Å²) in [6.07, 6.45) is 7.80. The van der Waals surface area contributed by atoms with Crippen molar-refractivity contribution in [3.63, 3.8) is 0 Å². The van der Waals surface area contributed by atoms with Crippen molar-refractivity contribution < 1.29 is 4.92 Å². The number of nitrogen functional groups attached to an aromatic ring is 1. The van der Waals surface area contributed by atoms with Crippen LogP contribution in [-0.2, 0) is 13.0 Å². The molecular formula is C18H25N7O2. The Labute approximate surface area is 157 Å². The number of nitrogens with one attached hydrogen (secondary N) is 1. The highest BCUT2D eigenvalue weighted by atomic mass is 16.6. The zero-order valence-electron chi connectivity index (χ0n) is 15.4. The van der Waals surface area contributed by atoms with Gasteiger partial charge < -0.3 is 16.8 Å². The van der Waals surface area contributed by atoms with Crippen molar-refractivity contribution in [3.05, 3.63) is 45.4 Å². The number of nitrogens with two attached hydrogens (primary N) is 2. The Kier molecular flexibility index (Phi) is 5.80. The first-order valence-electron chi connectivity index (χ1n) is 9.13. The topological polar surface area (TPSA) is 146 Å². The largest absolute Gasteiger partial charge is 0.378 e. The summed E-state index contributed by atoms with van der Waals surface area (Å²) in [6.45, 7) is 2.43. The van der Waals surface area contributed by atoms with Crippen molar-refractivity contribution in [3.8, 4) is 0 Å². The molecule has 2 aromatic rings. The molecule has 1 fully saturated rings. The van der Waals surface area contributed by atoms with Crippen LogP contribution in [0.5, 0.6) is 0 Å². The Morgan fingerprint density at radius 3 is 2.67 bits per heavy atom. The van der Waals surface area contributed by atoms with E-state index in [0.29, 0.717) is 30.5 Å². The monoisotopic (exact) mass is 371 g/mol. The number of nitrogens with zero attached hydrogens (tertiary/aromatic N) is 4. The average Bonchev–Trinajstić information content (AvgIpc) is 2.61. The minimum absolute atomic E-state index is 0.109. The van der Waals surface area contributed by atoms with Crippen molar-refractivity contribution in [2.45, 2.75) is 51.6 Å². The van der Waals surface area contributed by atoms with E-state index in [2.05, 4.69) is 20.3 Å². The fourth-order valence-corrected chi connectivity index (χ4v) is 3.50. The molecule has 0 atom stereocenters. The van der Waals surface area contributed by atoms with Crippen molar-refractivity contribution in [2.75, 3.05) is 11.1 Å². The summed E-state index contributed by atoms with van der Waals surface area (Å²) in [6, 6.07) is 2.23. The van der Waals surface area contributed by atoms with Crippen LogP contribution in [0.25, 0.3) is 0 Å². The van der Waals surface area contributed by atoms with Crippen LogP contribution in [0.3, 0.4) is 0 Å². The summed E-state index contributed by atoms with van der Waals surface area (Å²) in [7, 11) is 0. The Morgan fingerprint density at radius 2 is 2.00 bits per heavy atom. The molecule has 1 saturated carbocycles. The maximum atomic E-state index is 11.5. The first kappa shape index (κ1) is 19.0. The average molecular weight is 371 g/mol. The highest BCUT2D eigenvalue weighted by Crippen LogP contribution is 2.31. The lowest BCUT2D eigenvalue weighted by Gasteiger charge is -2.25. The molecule has 1 aliphatic rings. The minimum atomic E-state index is -0.493. The Balaban J connectivity index is 1.79. The lowest BCUT2D eigenvalue weighted by molar-refractivity contribution is -0.385. The smallest absolute Gasteiger partial charge is 0.332 e. The summed E-state index contributed by atoms with van der Waals surface area (Å²) in [5.74, 6) is 0.510. The van der Waals surface area contributed by atoms with Crippen LogP contribution < -0.4 is 16.8 Å². The molecule has 144 valence electrons. The molecule has 1 aliphatic carbocycles. The van der Waals surface area contributed by atoms with E-state index in [1.54, 1.807) is 12.4 Å². The van der Waals surface area contributed by atoms with Crippen molar-refractivity contribution in [1.29, 1.82) is 0 Å². The first-order chi connectivity index (χ1) is 12.9. The number of aryl methyl sites for hydroxylation is 1. The number of anilines is 2. The van der Waals surface area contributed by atoms with Crippen LogP contribution in [0.1, 0.15) is 42.5 Å². The maximum absolute atomic E-state index is 11.5. The third kappa shape index (κ3) is 4.88. The second-order valence-corrected chi connectivity index (χ2v) is 7.19. The van der Waals surface area contributed by atoms with Gasteiger partial charge in [0.05, 0.1) is 4.92 Å². The standard InChI is InChI=1S/C18H25N7O2/c1-11-6-13(9-21-8-11)10-22-18-23-15(16(25(26)27)17(20)24-18)7-12-2-4-14(19)5-3-12/h6,8-9,12,14H,2-5,7,10,19H2,1H3,(H3,20,22,23,24)/t12-,14-. The van der Waals surface area contributed by atoms with E-state index in [1.165, 1.54) is 0 Å². The Morgan fingerprint density at radius 1 is 1.26 bits per heavy atom. The van der Waals surface area contributed by atoms with E-state index in [9.17, 15) is 10.1 Å². The molecule has 5 N–H and O–H groups in total. The van der Waals surface area contributed by atoms with Crippen molar-refractivity contribution in [2.24, 2.45) is 11.7 Å². The molecule has 0 spiro atoms. The predicted octanol–water partition coefficient (Wildman–Crippen LogP) is 2.34. The summed E-state index contributed by atoms with van der Waals surface area (Å²) in [5, 5.41) is 14.6. The molecular weight excluding hydrogens is 346 g/mol. The fourth-order valence-electron chi connectivity index (χ4n) is 3.50. The molecule has 0 aliphatic heterocycles. The van der Waals surface area contributed by atoms with E-state index in [1.807, 2.05) is 13.0 Å². The molecule has 0 bridgehead atoms. The Bertz CT molecular complexity index is 819. The van der Waals surface area contributed by atoms with Crippen LogP contribution in [-0.4, -0.2) is 25.9 Å². The normalized spacial score (nSPS) is 19.6. The van der Waals surface area contributed by atoms with Crippen LogP contribution in [0.15, 0.2) is 18.5 Å². The van der Waals surface area contributed by atoms with E-state index in [4.69, 9.17) is 11.5 Å². The van der Waals surface area contributed by atoms with Gasteiger partial charge in [-0.3, -0.25) is 15.1 Å². The second kappa shape index (κ2) is 8.26. The van der Waals surface area contributed by atoms with Gasteiger partial charge in [0, 0.05) is 25.0 Å². The highest BCUT2D eigenvalue weighted by Gasteiger charge is 2.27. The molecule has 9 nitrogen and oxygen atoms in total. The van der Waals surface area contributed by atoms with Crippen molar-refractivity contribution in [1.82, 2.24) is 15.0 Å². The molecule has 9 heteroatoms. The second-order valence-electron chi connectivity index (χ2n) is 7.19. The molecule has 0 amide bonds. The number of pyridine rings is 1. The summed E-state index contributed by atoms with van der Waals surface area (Å²) in [5.41, 5.74) is 14.1. The number of hydrogen-bond acceptors (Lipinski definition) is 8. The van der Waals surface area contributed by atoms with Gasteiger partial charge in [-0.25, -0.2) is 4.98 Å². The minimum Gasteiger partial charge on any atom is -0.378 e. The molecule has 0 aromatic carbocycles. The van der Waals surface area contributed by atoms with E-state index in [0.717, 1.165) is 36.8 Å². The van der Waals surface area contributed by atoms with Crippen molar-refractivity contribution >= 4 is 17.5 Å². The SMILES string of the molecule is Cc1cncc(CNc2nc(N)c([N+](=O)[O-])c(C[C@H]3CC[C@H](N)CC3)n2)c1. The molecule has 3 rings (SSSR count). The summed E-state index contributed by atoms with van der Waals surface area (Å²) < 4.78 is 0. The van der Waals surface area contributed by atoms with Gasteiger partial charge in [0.25, 0.3) is 0 Å². The van der Waals surface area contributed by atoms with E-state index < -0.39 is 4.92 Å². The quantitative estimate of drug-likeness (QED) is 0.518. The van der Waals surface area contributed by atoms with E-state index >= 15 is 0 Å². The van der Waals surface area contributed by atoms with Gasteiger partial charge in [-0.05, 0) is 56.1 Å². The molecule has 2 heterocycles. The van der Waals surface area contributed by atoms with Crippen LogP contribution in [0, 0.1) is 23.0 Å². The Hall–Kier alpha value is -2.81. The van der Waals surface area contributed by atoms with Gasteiger partial charge in [0.2, 0.25) is 11.8 Å². The number of aromatic nitrogens is 3. The van der Waals surface area contributed by atoms with Gasteiger partial charge >= 0.3 is 5.69 Å². The van der Waals surface area contributed by atoms with Gasteiger partial charge in [-0.2, -0.15) is 4.98 Å². The molecule has 0 radical (unpaired) electrons. The van der Waals surface area contributed by atoms with Gasteiger partial charge in [0.15, 0.2) is 0 Å². The fraction of sp³-hybridized carbons (Fsp3) is 0.500. The lowest BCUT2D eigenvalue weighted by atomic mass is 9.83. The summed E-state index contributed by atoms with van der Waals surface area (Å²) in [4.78, 5) is 23.6. The summed E-state index contributed by atoms with van der Waals surface area (Å²) >= 11 is 0. The van der Waals surface area contributed by atoms with Gasteiger partial charge in [0.1, 0.15) is 5.69 Å². The molecule has 0 unspecified atom stereocenters. The van der Waals surface area contributed by atoms with Gasteiger partial charge in [-0.1, -0.05) is 6.07 Å². The molecule has 27 heavy (non-hydrogen) atoms.